The third-order valence-corrected chi connectivity index (χ3v) is 14.5. The lowest BCUT2D eigenvalue weighted by atomic mass is 9.62. The molecule has 7 rings (SSSR count). The van der Waals surface area contributed by atoms with Crippen molar-refractivity contribution < 1.29 is 23.1 Å². The number of sulfonamides is 1. The number of fused-ring (bicyclic) bond motifs is 4. The van der Waals surface area contributed by atoms with Crippen molar-refractivity contribution in [3.8, 4) is 5.75 Å². The molecule has 1 saturated heterocycles. The van der Waals surface area contributed by atoms with Gasteiger partial charge in [-0.1, -0.05) is 31.0 Å². The maximum atomic E-state index is 13.5. The van der Waals surface area contributed by atoms with Gasteiger partial charge in [-0.15, -0.1) is 0 Å². The molecule has 2 aliphatic carbocycles. The minimum absolute atomic E-state index is 0.153. The molecule has 2 bridgehead atoms. The van der Waals surface area contributed by atoms with Gasteiger partial charge in [-0.25, -0.2) is 13.1 Å². The molecule has 1 saturated carbocycles. The van der Waals surface area contributed by atoms with E-state index in [-0.39, 0.29) is 17.3 Å². The summed E-state index contributed by atoms with van der Waals surface area (Å²) in [4.78, 5) is 18.3. The topological polar surface area (TPSA) is 99.2 Å². The van der Waals surface area contributed by atoms with Crippen molar-refractivity contribution in [3.63, 3.8) is 0 Å². The molecule has 2 aromatic rings. The van der Waals surface area contributed by atoms with Crippen LogP contribution in [0.4, 0.5) is 5.69 Å². The molecule has 8 nitrogen and oxygen atoms in total. The number of nitrogens with zero attached hydrogens (tertiary/aromatic N) is 2. The van der Waals surface area contributed by atoms with E-state index < -0.39 is 26.8 Å². The predicted molar refractivity (Wildman–Crippen MR) is 186 cm³/mol. The highest BCUT2D eigenvalue weighted by Gasteiger charge is 2.49. The fraction of sp³-hybridized carbons (Fsp3) is 0.649. The second kappa shape index (κ2) is 12.8. The number of halogens is 1. The third-order valence-electron chi connectivity index (χ3n) is 12.4. The number of rotatable bonds is 2. The van der Waals surface area contributed by atoms with E-state index in [0.29, 0.717) is 49.8 Å². The van der Waals surface area contributed by atoms with Gasteiger partial charge in [-0.3, -0.25) is 4.79 Å². The van der Waals surface area contributed by atoms with E-state index in [1.807, 2.05) is 25.1 Å². The number of carbonyl (C=O) groups is 1. The predicted octanol–water partition coefficient (Wildman–Crippen LogP) is 5.93. The minimum atomic E-state index is -3.92. The first-order valence-electron chi connectivity index (χ1n) is 17.8. The first kappa shape index (κ1) is 33.2. The van der Waals surface area contributed by atoms with Crippen molar-refractivity contribution in [2.45, 2.75) is 94.3 Å². The number of nitrogens with one attached hydrogen (secondary N) is 1. The first-order chi connectivity index (χ1) is 22.5. The summed E-state index contributed by atoms with van der Waals surface area (Å²) in [7, 11) is -3.92. The van der Waals surface area contributed by atoms with E-state index in [0.717, 1.165) is 68.9 Å². The molecule has 2 aromatic carbocycles. The Morgan fingerprint density at radius 1 is 1.02 bits per heavy atom. The lowest BCUT2D eigenvalue weighted by molar-refractivity contribution is -0.103. The van der Waals surface area contributed by atoms with Crippen molar-refractivity contribution in [2.24, 2.45) is 17.8 Å². The van der Waals surface area contributed by atoms with Gasteiger partial charge in [0.15, 0.2) is 0 Å². The molecular weight excluding hydrogens is 634 g/mol. The normalized spacial score (nSPS) is 34.4. The summed E-state index contributed by atoms with van der Waals surface area (Å²) in [5.41, 5.74) is 2.56. The molecule has 1 spiro atoms. The number of likely N-dealkylation sites (tertiary alicyclic amines) is 1. The molecule has 3 aliphatic heterocycles. The second-order valence-electron chi connectivity index (χ2n) is 15.4. The van der Waals surface area contributed by atoms with E-state index in [1.165, 1.54) is 24.0 Å². The number of aryl methyl sites for hydroxylation is 1. The van der Waals surface area contributed by atoms with E-state index in [4.69, 9.17) is 16.3 Å². The summed E-state index contributed by atoms with van der Waals surface area (Å²) in [6, 6.07) is 11.5. The van der Waals surface area contributed by atoms with Crippen LogP contribution < -0.4 is 14.4 Å². The van der Waals surface area contributed by atoms with Crippen molar-refractivity contribution in [2.75, 3.05) is 44.2 Å². The highest BCUT2D eigenvalue weighted by molar-refractivity contribution is 7.90. The van der Waals surface area contributed by atoms with Gasteiger partial charge in [0, 0.05) is 35.6 Å². The summed E-state index contributed by atoms with van der Waals surface area (Å²) in [5, 5.41) is 12.6. The Labute approximate surface area is 285 Å². The van der Waals surface area contributed by atoms with Gasteiger partial charge in [0.2, 0.25) is 10.0 Å². The fourth-order valence-corrected chi connectivity index (χ4v) is 10.8. The molecule has 2 fully saturated rings. The smallest absolute Gasteiger partial charge is 0.264 e. The van der Waals surface area contributed by atoms with Crippen LogP contribution in [0.2, 0.25) is 5.02 Å². The molecule has 5 aliphatic rings. The summed E-state index contributed by atoms with van der Waals surface area (Å²) in [6.45, 7) is 8.30. The van der Waals surface area contributed by atoms with Crippen molar-refractivity contribution in [1.82, 2.24) is 9.62 Å². The molecule has 10 heteroatoms. The number of β-amino-alcohol motifs (C(OH)–C–C–N with tert-alkyl or cyclic N) is 1. The SMILES string of the molecule is C[C@@H]1[C@@H](C)CCC[C@](O)(CN2CCCC2)[C@@H]2CC[C@H]2CN2C[C@@]3(CCCc4cc(Cl)ccc43)COc3ccc(cc32)C(=O)NS1(=O)=O. The zero-order valence-corrected chi connectivity index (χ0v) is 29.4. The van der Waals surface area contributed by atoms with E-state index >= 15 is 0 Å². The molecule has 0 unspecified atom stereocenters. The van der Waals surface area contributed by atoms with Crippen LogP contribution >= 0.6 is 11.6 Å². The molecule has 256 valence electrons. The summed E-state index contributed by atoms with van der Waals surface area (Å²) in [5.74, 6) is 0.369. The average Bonchev–Trinajstić information content (AvgIpc) is 3.47. The number of ether oxygens (including phenoxy) is 1. The molecule has 1 amide bonds. The Morgan fingerprint density at radius 2 is 1.83 bits per heavy atom. The summed E-state index contributed by atoms with van der Waals surface area (Å²) in [6.07, 6.45) is 9.42. The van der Waals surface area contributed by atoms with Crippen LogP contribution in [0.1, 0.15) is 93.1 Å². The Balaban J connectivity index is 1.29. The Kier molecular flexibility index (Phi) is 9.07. The van der Waals surface area contributed by atoms with Crippen LogP contribution in [0.3, 0.4) is 0 Å². The lowest BCUT2D eigenvalue weighted by Crippen LogP contribution is -2.56. The van der Waals surface area contributed by atoms with Crippen molar-refractivity contribution in [3.05, 3.63) is 58.1 Å². The summed E-state index contributed by atoms with van der Waals surface area (Å²) >= 11 is 6.45. The zero-order valence-electron chi connectivity index (χ0n) is 27.8. The van der Waals surface area contributed by atoms with Crippen LogP contribution in [0.5, 0.6) is 5.75 Å². The van der Waals surface area contributed by atoms with Gasteiger partial charge in [-0.2, -0.15) is 0 Å². The van der Waals surface area contributed by atoms with E-state index in [1.54, 1.807) is 13.0 Å². The third kappa shape index (κ3) is 6.42. The largest absolute Gasteiger partial charge is 0.490 e. The quantitative estimate of drug-likeness (QED) is 0.405. The number of hydrogen-bond donors (Lipinski definition) is 2. The molecule has 2 N–H and O–H groups in total. The highest BCUT2D eigenvalue weighted by atomic mass is 35.5. The minimum Gasteiger partial charge on any atom is -0.490 e. The van der Waals surface area contributed by atoms with Crippen LogP contribution in [0, 0.1) is 17.8 Å². The van der Waals surface area contributed by atoms with Gasteiger partial charge in [0.05, 0.1) is 23.1 Å². The van der Waals surface area contributed by atoms with Gasteiger partial charge in [0.25, 0.3) is 5.91 Å². The average molecular weight is 684 g/mol. The lowest BCUT2D eigenvalue weighted by Gasteiger charge is -2.51. The first-order valence-corrected chi connectivity index (χ1v) is 19.7. The Bertz CT molecular complexity index is 1610. The fourth-order valence-electron chi connectivity index (χ4n) is 9.29. The Hall–Kier alpha value is -2.33. The molecule has 0 radical (unpaired) electrons. The van der Waals surface area contributed by atoms with Crippen LogP contribution in [-0.2, 0) is 21.9 Å². The number of carbonyl (C=O) groups excluding carboxylic acids is 1. The second-order valence-corrected chi connectivity index (χ2v) is 17.8. The van der Waals surface area contributed by atoms with Gasteiger partial charge in [0.1, 0.15) is 5.75 Å². The van der Waals surface area contributed by atoms with Crippen molar-refractivity contribution >= 4 is 33.2 Å². The Morgan fingerprint density at radius 3 is 2.60 bits per heavy atom. The van der Waals surface area contributed by atoms with Crippen LogP contribution in [0.15, 0.2) is 36.4 Å². The van der Waals surface area contributed by atoms with Gasteiger partial charge in [-0.05, 0) is 137 Å². The van der Waals surface area contributed by atoms with E-state index in [9.17, 15) is 18.3 Å². The number of hydrogen-bond acceptors (Lipinski definition) is 7. The maximum Gasteiger partial charge on any atom is 0.264 e. The van der Waals surface area contributed by atoms with Crippen LogP contribution in [-0.4, -0.2) is 74.5 Å². The van der Waals surface area contributed by atoms with E-state index in [2.05, 4.69) is 26.7 Å². The number of aliphatic hydroxyl groups is 1. The maximum absolute atomic E-state index is 13.5. The molecule has 6 atom stereocenters. The number of amides is 1. The number of anilines is 1. The number of benzene rings is 2. The monoisotopic (exact) mass is 683 g/mol. The standard InChI is InChI=1S/C37H50ClN3O5S/c1-25-7-5-16-37(43,23-40-17-3-4-18-40)32-12-9-29(32)21-41-22-36(15-6-8-27-19-30(38)11-13-31(27)36)24-46-34-14-10-28(20-33(34)41)35(42)39-47(44,45)26(25)2/h10-11,13-14,19-20,25-26,29,32,43H,3-9,12,15-18,21-24H2,1-2H3,(H,39,42)/t25-,26+,29-,32+,36-,37-/m0/s1. The van der Waals surface area contributed by atoms with Gasteiger partial charge < -0.3 is 19.6 Å². The van der Waals surface area contributed by atoms with Gasteiger partial charge >= 0.3 is 0 Å². The molecule has 0 aromatic heterocycles. The summed E-state index contributed by atoms with van der Waals surface area (Å²) < 4.78 is 35.9. The van der Waals surface area contributed by atoms with Crippen molar-refractivity contribution in [1.29, 1.82) is 0 Å². The zero-order chi connectivity index (χ0) is 33.0. The molecular formula is C37H50ClN3O5S. The van der Waals surface area contributed by atoms with Crippen LogP contribution in [0.25, 0.3) is 0 Å². The highest BCUT2D eigenvalue weighted by Crippen LogP contribution is 2.49. The molecule has 47 heavy (non-hydrogen) atoms. The molecule has 3 heterocycles.